The zero-order valence-electron chi connectivity index (χ0n) is 21.3. The molecule has 1 aliphatic heterocycles. The number of nitrogens with zero attached hydrogens (tertiary/aromatic N) is 2. The molecule has 0 unspecified atom stereocenters. The van der Waals surface area contributed by atoms with Crippen molar-refractivity contribution in [1.29, 1.82) is 0 Å². The van der Waals surface area contributed by atoms with Gasteiger partial charge in [0.05, 0.1) is 10.9 Å². The molecule has 0 fully saturated rings. The molecule has 0 N–H and O–H groups in total. The van der Waals surface area contributed by atoms with E-state index < -0.39 is 16.1 Å². The number of hydrogen-bond acceptors (Lipinski definition) is 2. The third-order valence-corrected chi connectivity index (χ3v) is 10.6. The van der Waals surface area contributed by atoms with E-state index in [-0.39, 0.29) is 17.4 Å². The van der Waals surface area contributed by atoms with Gasteiger partial charge in [-0.05, 0) is 78.2 Å². The number of rotatable bonds is 4. The van der Waals surface area contributed by atoms with Crippen molar-refractivity contribution in [3.05, 3.63) is 133 Å². The van der Waals surface area contributed by atoms with Crippen molar-refractivity contribution in [2.75, 3.05) is 6.54 Å². The van der Waals surface area contributed by atoms with Crippen molar-refractivity contribution in [2.45, 2.75) is 23.8 Å². The standard InChI is InChI=1S/C31H25Br2ClN2O2S/c1-19-9-12-25(13-10-19)39(37,38)36-18-27(20-5-4-8-24(34)16-20)29-26-17-23(33)11-14-28(26)35(2)31(29)30(36)21-6-3-7-22(32)15-21/h3-17,27,30H,18H2,1-2H3/t27-,30+/m0/s1. The van der Waals surface area contributed by atoms with Gasteiger partial charge in [0.25, 0.3) is 0 Å². The summed E-state index contributed by atoms with van der Waals surface area (Å²) in [5, 5.41) is 1.72. The third kappa shape index (κ3) is 4.68. The Morgan fingerprint density at radius 3 is 2.26 bits per heavy atom. The summed E-state index contributed by atoms with van der Waals surface area (Å²) in [5.74, 6) is -0.222. The Kier molecular flexibility index (Phi) is 7.01. The quantitative estimate of drug-likeness (QED) is 0.190. The minimum absolute atomic E-state index is 0.222. The number of halogens is 3. The highest BCUT2D eigenvalue weighted by Gasteiger charge is 2.44. The molecule has 39 heavy (non-hydrogen) atoms. The van der Waals surface area contributed by atoms with Gasteiger partial charge in [-0.15, -0.1) is 0 Å². The molecular formula is C31H25Br2ClN2O2S. The van der Waals surface area contributed by atoms with Crippen LogP contribution in [0.4, 0.5) is 0 Å². The Labute approximate surface area is 250 Å². The van der Waals surface area contributed by atoms with E-state index in [2.05, 4.69) is 48.6 Å². The van der Waals surface area contributed by atoms with Crippen LogP contribution in [0.25, 0.3) is 10.9 Å². The van der Waals surface area contributed by atoms with Crippen LogP contribution in [0.15, 0.2) is 105 Å². The molecule has 6 rings (SSSR count). The lowest BCUT2D eigenvalue weighted by Gasteiger charge is -2.40. The lowest BCUT2D eigenvalue weighted by Crippen LogP contribution is -2.43. The first kappa shape index (κ1) is 26.8. The van der Waals surface area contributed by atoms with E-state index in [9.17, 15) is 8.42 Å². The van der Waals surface area contributed by atoms with Crippen LogP contribution in [0.3, 0.4) is 0 Å². The van der Waals surface area contributed by atoms with E-state index in [0.717, 1.165) is 47.8 Å². The molecular weight excluding hydrogens is 660 g/mol. The molecule has 0 saturated carbocycles. The van der Waals surface area contributed by atoms with Gasteiger partial charge in [0, 0.05) is 50.1 Å². The molecule has 8 heteroatoms. The molecule has 0 saturated heterocycles. The average Bonchev–Trinajstić information content (AvgIpc) is 3.19. The largest absolute Gasteiger partial charge is 0.346 e. The van der Waals surface area contributed by atoms with Crippen LogP contribution in [-0.2, 0) is 17.1 Å². The molecule has 0 bridgehead atoms. The zero-order chi connectivity index (χ0) is 27.5. The smallest absolute Gasteiger partial charge is 0.244 e. The summed E-state index contributed by atoms with van der Waals surface area (Å²) in [7, 11) is -1.86. The summed E-state index contributed by atoms with van der Waals surface area (Å²) in [6, 6.07) is 28.5. The minimum atomic E-state index is -3.88. The molecule has 0 amide bonds. The molecule has 198 valence electrons. The summed E-state index contributed by atoms with van der Waals surface area (Å²) in [6.45, 7) is 2.23. The molecule has 0 aliphatic carbocycles. The van der Waals surface area contributed by atoms with E-state index in [1.54, 1.807) is 16.4 Å². The van der Waals surface area contributed by atoms with Gasteiger partial charge in [-0.1, -0.05) is 85.4 Å². The summed E-state index contributed by atoms with van der Waals surface area (Å²) in [4.78, 5) is 0.280. The van der Waals surface area contributed by atoms with E-state index in [4.69, 9.17) is 11.6 Å². The van der Waals surface area contributed by atoms with Gasteiger partial charge in [0.2, 0.25) is 10.0 Å². The predicted octanol–water partition coefficient (Wildman–Crippen LogP) is 8.59. The van der Waals surface area contributed by atoms with Crippen molar-refractivity contribution in [3.8, 4) is 0 Å². The summed E-state index contributed by atoms with van der Waals surface area (Å²) < 4.78 is 34.6. The van der Waals surface area contributed by atoms with Gasteiger partial charge in [-0.2, -0.15) is 4.31 Å². The lowest BCUT2D eigenvalue weighted by atomic mass is 9.83. The normalized spacial score (nSPS) is 17.9. The predicted molar refractivity (Wildman–Crippen MR) is 165 cm³/mol. The molecule has 1 aliphatic rings. The second-order valence-corrected chi connectivity index (χ2v) is 14.1. The lowest BCUT2D eigenvalue weighted by molar-refractivity contribution is 0.318. The van der Waals surface area contributed by atoms with E-state index in [0.29, 0.717) is 5.02 Å². The van der Waals surface area contributed by atoms with Crippen LogP contribution >= 0.6 is 43.5 Å². The number of benzene rings is 4. The number of aromatic nitrogens is 1. The zero-order valence-corrected chi connectivity index (χ0v) is 26.0. The van der Waals surface area contributed by atoms with Gasteiger partial charge < -0.3 is 4.57 Å². The maximum atomic E-state index is 14.5. The Morgan fingerprint density at radius 2 is 1.54 bits per heavy atom. The number of hydrogen-bond donors (Lipinski definition) is 0. The van der Waals surface area contributed by atoms with Gasteiger partial charge >= 0.3 is 0 Å². The summed E-state index contributed by atoms with van der Waals surface area (Å²) in [6.07, 6.45) is 0. The van der Waals surface area contributed by atoms with Crippen LogP contribution in [0.1, 0.15) is 39.9 Å². The van der Waals surface area contributed by atoms with Crippen LogP contribution in [0.2, 0.25) is 5.02 Å². The first-order valence-corrected chi connectivity index (χ1v) is 15.9. The summed E-state index contributed by atoms with van der Waals surface area (Å²) >= 11 is 13.7. The average molecular weight is 685 g/mol. The number of aryl methyl sites for hydroxylation is 2. The maximum Gasteiger partial charge on any atom is 0.244 e. The Bertz CT molecular complexity index is 1830. The highest BCUT2D eigenvalue weighted by atomic mass is 79.9. The van der Waals surface area contributed by atoms with Crippen LogP contribution < -0.4 is 0 Å². The first-order valence-electron chi connectivity index (χ1n) is 12.5. The Morgan fingerprint density at radius 1 is 0.846 bits per heavy atom. The highest BCUT2D eigenvalue weighted by Crippen LogP contribution is 2.49. The van der Waals surface area contributed by atoms with E-state index in [1.165, 1.54) is 0 Å². The van der Waals surface area contributed by atoms with E-state index >= 15 is 0 Å². The first-order chi connectivity index (χ1) is 18.6. The fourth-order valence-electron chi connectivity index (χ4n) is 5.75. The van der Waals surface area contributed by atoms with Gasteiger partial charge in [0.1, 0.15) is 0 Å². The molecule has 0 radical (unpaired) electrons. The van der Waals surface area contributed by atoms with Gasteiger partial charge in [0.15, 0.2) is 0 Å². The van der Waals surface area contributed by atoms with Crippen molar-refractivity contribution < 1.29 is 8.42 Å². The SMILES string of the molecule is Cc1ccc(S(=O)(=O)N2C[C@@H](c3cccc(Cl)c3)c3c(n(C)c4ccc(Br)cc34)[C@H]2c2cccc(Br)c2)cc1. The second-order valence-electron chi connectivity index (χ2n) is 9.97. The molecule has 4 nitrogen and oxygen atoms in total. The van der Waals surface area contributed by atoms with E-state index in [1.807, 2.05) is 80.7 Å². The second kappa shape index (κ2) is 10.2. The van der Waals surface area contributed by atoms with Crippen LogP contribution in [0.5, 0.6) is 0 Å². The Balaban J connectivity index is 1.69. The van der Waals surface area contributed by atoms with Crippen molar-refractivity contribution in [2.24, 2.45) is 7.05 Å². The molecule has 4 aromatic carbocycles. The maximum absolute atomic E-state index is 14.5. The fraction of sp³-hybridized carbons (Fsp3) is 0.161. The van der Waals surface area contributed by atoms with Crippen LogP contribution in [-0.4, -0.2) is 23.8 Å². The molecule has 2 heterocycles. The monoisotopic (exact) mass is 682 g/mol. The number of sulfonamides is 1. The topological polar surface area (TPSA) is 42.3 Å². The molecule has 2 atom stereocenters. The molecule has 1 aromatic heterocycles. The molecule has 5 aromatic rings. The van der Waals surface area contributed by atoms with Gasteiger partial charge in [-0.25, -0.2) is 8.42 Å². The third-order valence-electron chi connectivity index (χ3n) is 7.55. The van der Waals surface area contributed by atoms with Crippen molar-refractivity contribution in [1.82, 2.24) is 8.87 Å². The number of fused-ring (bicyclic) bond motifs is 3. The Hall–Kier alpha value is -2.42. The summed E-state index contributed by atoms with van der Waals surface area (Å²) in [5.41, 5.74) is 6.01. The van der Waals surface area contributed by atoms with Crippen LogP contribution in [0, 0.1) is 6.92 Å². The van der Waals surface area contributed by atoms with Crippen molar-refractivity contribution in [3.63, 3.8) is 0 Å². The molecule has 0 spiro atoms. The fourth-order valence-corrected chi connectivity index (χ4v) is 8.33. The highest BCUT2D eigenvalue weighted by molar-refractivity contribution is 9.10. The minimum Gasteiger partial charge on any atom is -0.346 e. The van der Waals surface area contributed by atoms with Crippen molar-refractivity contribution >= 4 is 64.4 Å². The van der Waals surface area contributed by atoms with Gasteiger partial charge in [-0.3, -0.25) is 0 Å².